The summed E-state index contributed by atoms with van der Waals surface area (Å²) in [5, 5.41) is 31.5. The Balaban J connectivity index is 2.76. The molecule has 12 nitrogen and oxygen atoms in total. The maximum atomic E-state index is 13.2. The minimum Gasteiger partial charge on any atom is -0.479 e. The van der Waals surface area contributed by atoms with Crippen LogP contribution in [-0.2, 0) is 42.9 Å². The van der Waals surface area contributed by atoms with Crippen molar-refractivity contribution in [3.63, 3.8) is 0 Å². The van der Waals surface area contributed by atoms with Gasteiger partial charge in [0.05, 0.1) is 6.61 Å². The zero-order chi connectivity index (χ0) is 60.3. The molecule has 0 saturated carbocycles. The number of allylic oxidation sites excluding steroid dienone is 24. The van der Waals surface area contributed by atoms with Gasteiger partial charge >= 0.3 is 23.9 Å². The van der Waals surface area contributed by atoms with Crippen LogP contribution in [0.5, 0.6) is 0 Å². The molecule has 3 N–H and O–H groups in total. The number of esters is 3. The molecule has 12 heteroatoms. The SMILES string of the molecule is CC/C=C\C/C=C\C/C=C\C/C=C\C/C=C\C/C=C\CCC(=O)OCC(COC1OC(C(=O)O)C(O)C(O)C1OC(=O)CC/C=C\C/C=C\C/C=C\C/C=C\C/C=C\C/C=C\CC)OC(=O)CCCCCCCCCCCCCCCCC. The van der Waals surface area contributed by atoms with Gasteiger partial charge in [-0.25, -0.2) is 4.79 Å². The number of ether oxygens (including phenoxy) is 5. The second-order valence-corrected chi connectivity index (χ2v) is 20.9. The molecule has 0 bridgehead atoms. The van der Waals surface area contributed by atoms with Gasteiger partial charge in [0, 0.05) is 19.3 Å². The lowest BCUT2D eigenvalue weighted by molar-refractivity contribution is -0.301. The van der Waals surface area contributed by atoms with E-state index in [1.165, 1.54) is 70.6 Å². The first kappa shape index (κ1) is 75.6. The summed E-state index contributed by atoms with van der Waals surface area (Å²) in [4.78, 5) is 51.2. The number of hydrogen-bond donors (Lipinski definition) is 3. The zero-order valence-electron chi connectivity index (χ0n) is 51.4. The van der Waals surface area contributed by atoms with E-state index in [4.69, 9.17) is 23.7 Å². The maximum Gasteiger partial charge on any atom is 0.335 e. The number of rotatable bonds is 52. The standard InChI is InChI=1S/C71H110O12/c1-4-7-10-13-16-19-22-25-28-30-32-34-37-39-42-45-48-51-54-57-63(72)79-60-62(81-64(73)58-55-52-49-46-43-40-36-27-24-21-18-15-12-9-6-3)61-80-71-69(67(76)66(75)68(83-71)70(77)78)82-65(74)59-56-53-50-47-44-41-38-35-33-31-29-26-23-20-17-14-11-8-5-2/h7-8,10-11,16-17,19-20,25-26,28-29,32-35,39,41-42,44,48,50-51,53,62,66-69,71,75-76H,4-6,9,12-15,18,21-24,27,30-31,36-38,40,43,45-47,49,52,54-61H2,1-3H3,(H,77,78)/b10-7-,11-8-,19-16-,20-17-,28-25-,29-26-,34-32-,35-33-,42-39-,44-41-,51-48-,53-50-. The van der Waals surface area contributed by atoms with Gasteiger partial charge < -0.3 is 39.0 Å². The van der Waals surface area contributed by atoms with Crippen molar-refractivity contribution in [3.05, 3.63) is 146 Å². The summed E-state index contributed by atoms with van der Waals surface area (Å²) >= 11 is 0. The molecule has 1 aliphatic rings. The summed E-state index contributed by atoms with van der Waals surface area (Å²) in [6, 6.07) is 0. The van der Waals surface area contributed by atoms with Gasteiger partial charge in [-0.3, -0.25) is 14.4 Å². The van der Waals surface area contributed by atoms with Crippen LogP contribution in [0.2, 0.25) is 0 Å². The lowest BCUT2D eigenvalue weighted by Gasteiger charge is -2.40. The number of aliphatic hydroxyl groups excluding tert-OH is 2. The molecule has 1 rings (SSSR count). The lowest BCUT2D eigenvalue weighted by Crippen LogP contribution is -2.61. The largest absolute Gasteiger partial charge is 0.479 e. The van der Waals surface area contributed by atoms with Crippen LogP contribution >= 0.6 is 0 Å². The van der Waals surface area contributed by atoms with Crippen LogP contribution in [0, 0.1) is 0 Å². The quantitative estimate of drug-likeness (QED) is 0.0228. The molecule has 0 aromatic heterocycles. The molecule has 6 unspecified atom stereocenters. The summed E-state index contributed by atoms with van der Waals surface area (Å²) in [5.41, 5.74) is 0. The molecular weight excluding hydrogens is 1040 g/mol. The monoisotopic (exact) mass is 1150 g/mol. The van der Waals surface area contributed by atoms with Gasteiger partial charge in [0.1, 0.15) is 18.8 Å². The minimum absolute atomic E-state index is 0.0787. The summed E-state index contributed by atoms with van der Waals surface area (Å²) in [6.45, 7) is 5.67. The van der Waals surface area contributed by atoms with Gasteiger partial charge in [0.15, 0.2) is 24.6 Å². The smallest absolute Gasteiger partial charge is 0.335 e. The van der Waals surface area contributed by atoms with Gasteiger partial charge in [-0.05, 0) is 96.3 Å². The van der Waals surface area contributed by atoms with Gasteiger partial charge in [0.25, 0.3) is 0 Å². The van der Waals surface area contributed by atoms with Crippen LogP contribution in [0.15, 0.2) is 146 Å². The minimum atomic E-state index is -1.95. The van der Waals surface area contributed by atoms with E-state index in [1.54, 1.807) is 0 Å². The zero-order valence-corrected chi connectivity index (χ0v) is 51.4. The van der Waals surface area contributed by atoms with Crippen LogP contribution in [0.25, 0.3) is 0 Å². The third-order valence-corrected chi connectivity index (χ3v) is 13.4. The maximum absolute atomic E-state index is 13.2. The topological polar surface area (TPSA) is 175 Å². The third kappa shape index (κ3) is 46.6. The molecule has 6 atom stereocenters. The Morgan fingerprint density at radius 2 is 0.759 bits per heavy atom. The molecule has 0 aromatic rings. The molecule has 0 radical (unpaired) electrons. The van der Waals surface area contributed by atoms with E-state index in [2.05, 4.69) is 136 Å². The Kier molecular flexibility index (Phi) is 52.0. The van der Waals surface area contributed by atoms with Crippen LogP contribution in [-0.4, -0.2) is 89.2 Å². The van der Waals surface area contributed by atoms with Crippen molar-refractivity contribution in [2.45, 2.75) is 263 Å². The Labute approximate surface area is 502 Å². The highest BCUT2D eigenvalue weighted by molar-refractivity contribution is 5.74. The summed E-state index contributed by atoms with van der Waals surface area (Å²) in [6.07, 6.45) is 69.7. The first-order valence-corrected chi connectivity index (χ1v) is 31.8. The predicted molar refractivity (Wildman–Crippen MR) is 339 cm³/mol. The fourth-order valence-corrected chi connectivity index (χ4v) is 8.65. The van der Waals surface area contributed by atoms with E-state index in [0.717, 1.165) is 89.9 Å². The van der Waals surface area contributed by atoms with E-state index in [0.29, 0.717) is 25.7 Å². The third-order valence-electron chi connectivity index (χ3n) is 13.4. The predicted octanol–water partition coefficient (Wildman–Crippen LogP) is 17.1. The number of aliphatic hydroxyl groups is 2. The average Bonchev–Trinajstić information content (AvgIpc) is 3.57. The van der Waals surface area contributed by atoms with Crippen LogP contribution in [0.3, 0.4) is 0 Å². The molecule has 1 fully saturated rings. The first-order valence-electron chi connectivity index (χ1n) is 31.8. The number of unbranched alkanes of at least 4 members (excludes halogenated alkanes) is 14. The Bertz CT molecular complexity index is 2000. The fourth-order valence-electron chi connectivity index (χ4n) is 8.65. The van der Waals surface area contributed by atoms with E-state index < -0.39 is 67.3 Å². The van der Waals surface area contributed by atoms with Crippen molar-refractivity contribution in [2.24, 2.45) is 0 Å². The molecule has 0 spiro atoms. The Morgan fingerprint density at radius 1 is 0.410 bits per heavy atom. The normalized spacial score (nSPS) is 18.6. The molecule has 0 amide bonds. The van der Waals surface area contributed by atoms with E-state index in [-0.39, 0.29) is 25.9 Å². The van der Waals surface area contributed by atoms with Gasteiger partial charge in [-0.15, -0.1) is 0 Å². The van der Waals surface area contributed by atoms with Crippen molar-refractivity contribution >= 4 is 23.9 Å². The van der Waals surface area contributed by atoms with Crippen molar-refractivity contribution in [3.8, 4) is 0 Å². The van der Waals surface area contributed by atoms with E-state index in [9.17, 15) is 34.5 Å². The molecule has 0 aromatic carbocycles. The van der Waals surface area contributed by atoms with Crippen LogP contribution < -0.4 is 0 Å². The fraction of sp³-hybridized carbons (Fsp3) is 0.606. The van der Waals surface area contributed by atoms with E-state index >= 15 is 0 Å². The molecule has 0 aliphatic carbocycles. The number of aliphatic carboxylic acids is 1. The second-order valence-electron chi connectivity index (χ2n) is 20.9. The highest BCUT2D eigenvalue weighted by atomic mass is 16.7. The molecule has 466 valence electrons. The molecule has 1 saturated heterocycles. The van der Waals surface area contributed by atoms with Gasteiger partial charge in [-0.2, -0.15) is 0 Å². The average molecular weight is 1160 g/mol. The highest BCUT2D eigenvalue weighted by Gasteiger charge is 2.50. The molecule has 1 heterocycles. The summed E-state index contributed by atoms with van der Waals surface area (Å²) < 4.78 is 28.3. The van der Waals surface area contributed by atoms with Gasteiger partial charge in [0.2, 0.25) is 0 Å². The summed E-state index contributed by atoms with van der Waals surface area (Å²) in [5.74, 6) is -3.35. The van der Waals surface area contributed by atoms with Crippen molar-refractivity contribution in [1.82, 2.24) is 0 Å². The number of carbonyl (C=O) groups excluding carboxylic acids is 3. The number of hydrogen-bond acceptors (Lipinski definition) is 11. The van der Waals surface area contributed by atoms with Crippen molar-refractivity contribution < 1.29 is 58.2 Å². The Hall–Kier alpha value is -5.40. The highest BCUT2D eigenvalue weighted by Crippen LogP contribution is 2.26. The molecule has 83 heavy (non-hydrogen) atoms. The molecule has 1 aliphatic heterocycles. The second kappa shape index (κ2) is 57.1. The van der Waals surface area contributed by atoms with Gasteiger partial charge in [-0.1, -0.05) is 256 Å². The van der Waals surface area contributed by atoms with Crippen LogP contribution in [0.4, 0.5) is 0 Å². The number of carbonyl (C=O) groups is 4. The van der Waals surface area contributed by atoms with Crippen molar-refractivity contribution in [2.75, 3.05) is 13.2 Å². The molecular formula is C71H110O12. The summed E-state index contributed by atoms with van der Waals surface area (Å²) in [7, 11) is 0. The first-order chi connectivity index (χ1) is 40.6. The van der Waals surface area contributed by atoms with E-state index in [1.807, 2.05) is 30.4 Å². The Morgan fingerprint density at radius 3 is 1.13 bits per heavy atom. The van der Waals surface area contributed by atoms with Crippen molar-refractivity contribution in [1.29, 1.82) is 0 Å². The number of carboxylic acids is 1. The lowest BCUT2D eigenvalue weighted by atomic mass is 9.98. The number of carboxylic acid groups (broad SMARTS) is 1. The van der Waals surface area contributed by atoms with Crippen LogP contribution in [0.1, 0.15) is 226 Å².